The Kier molecular flexibility index (Phi) is 4.25. The highest BCUT2D eigenvalue weighted by atomic mass is 16.5. The van der Waals surface area contributed by atoms with E-state index in [2.05, 4.69) is 36.3 Å². The zero-order chi connectivity index (χ0) is 13.0. The number of nitrogens with one attached hydrogen (secondary N) is 1. The number of methoxy groups -OCH3 is 1. The van der Waals surface area contributed by atoms with Crippen molar-refractivity contribution >= 4 is 0 Å². The van der Waals surface area contributed by atoms with E-state index in [1.54, 1.807) is 7.11 Å². The summed E-state index contributed by atoms with van der Waals surface area (Å²) >= 11 is 0. The van der Waals surface area contributed by atoms with Gasteiger partial charge in [0.05, 0.1) is 7.11 Å². The molecular weight excluding hydrogens is 224 g/mol. The van der Waals surface area contributed by atoms with Crippen molar-refractivity contribution in [2.45, 2.75) is 31.8 Å². The average Bonchev–Trinajstić information content (AvgIpc) is 2.42. The predicted molar refractivity (Wildman–Crippen MR) is 75.0 cm³/mol. The van der Waals surface area contributed by atoms with E-state index in [-0.39, 0.29) is 0 Å². The molecular formula is C15H24N2O. The van der Waals surface area contributed by atoms with Gasteiger partial charge in [-0.15, -0.1) is 0 Å². The molecule has 1 aliphatic heterocycles. The summed E-state index contributed by atoms with van der Waals surface area (Å²) in [7, 11) is 3.81. The Morgan fingerprint density at radius 1 is 1.28 bits per heavy atom. The normalized spacial score (nSPS) is 19.7. The van der Waals surface area contributed by atoms with Gasteiger partial charge in [-0.25, -0.2) is 0 Å². The molecule has 0 unspecified atom stereocenters. The summed E-state index contributed by atoms with van der Waals surface area (Å²) < 4.78 is 5.41. The first-order chi connectivity index (χ1) is 8.67. The Morgan fingerprint density at radius 2 is 1.94 bits per heavy atom. The van der Waals surface area contributed by atoms with Gasteiger partial charge in [-0.05, 0) is 32.9 Å². The van der Waals surface area contributed by atoms with Gasteiger partial charge < -0.3 is 10.1 Å². The van der Waals surface area contributed by atoms with Gasteiger partial charge >= 0.3 is 0 Å². The predicted octanol–water partition coefficient (Wildman–Crippen LogP) is 2.27. The maximum atomic E-state index is 5.41. The number of para-hydroxylation sites is 1. The Bertz CT molecular complexity index is 384. The molecule has 18 heavy (non-hydrogen) atoms. The van der Waals surface area contributed by atoms with Gasteiger partial charge in [-0.3, -0.25) is 4.90 Å². The van der Waals surface area contributed by atoms with Crippen molar-refractivity contribution in [1.29, 1.82) is 0 Å². The molecule has 1 N–H and O–H groups in total. The highest BCUT2D eigenvalue weighted by Crippen LogP contribution is 2.25. The molecule has 3 heteroatoms. The number of hydrogen-bond donors (Lipinski definition) is 1. The zero-order valence-electron chi connectivity index (χ0n) is 11.7. The fraction of sp³-hybridized carbons (Fsp3) is 0.600. The fourth-order valence-electron chi connectivity index (χ4n) is 2.53. The molecule has 0 radical (unpaired) electrons. The zero-order valence-corrected chi connectivity index (χ0v) is 11.7. The summed E-state index contributed by atoms with van der Waals surface area (Å²) in [4.78, 5) is 2.51. The quantitative estimate of drug-likeness (QED) is 0.884. The molecule has 1 aromatic rings. The van der Waals surface area contributed by atoms with Gasteiger partial charge in [-0.2, -0.15) is 0 Å². The minimum absolute atomic E-state index is 0.317. The lowest BCUT2D eigenvalue weighted by atomic mass is 9.90. The largest absolute Gasteiger partial charge is 0.496 e. The van der Waals surface area contributed by atoms with Crippen molar-refractivity contribution in [3.8, 4) is 5.75 Å². The van der Waals surface area contributed by atoms with Crippen LogP contribution in [0.25, 0.3) is 0 Å². The first-order valence-electron chi connectivity index (χ1n) is 6.70. The Morgan fingerprint density at radius 3 is 2.56 bits per heavy atom. The fourth-order valence-corrected chi connectivity index (χ4v) is 2.53. The maximum absolute atomic E-state index is 5.41. The van der Waals surface area contributed by atoms with E-state index < -0.39 is 0 Å². The van der Waals surface area contributed by atoms with E-state index in [4.69, 9.17) is 4.74 Å². The van der Waals surface area contributed by atoms with Gasteiger partial charge in [0.2, 0.25) is 0 Å². The molecule has 0 spiro atoms. The first-order valence-corrected chi connectivity index (χ1v) is 6.70. The average molecular weight is 248 g/mol. The number of benzene rings is 1. The second-order valence-electron chi connectivity index (χ2n) is 5.40. The van der Waals surface area contributed by atoms with Crippen LogP contribution in [-0.2, 0) is 6.54 Å². The summed E-state index contributed by atoms with van der Waals surface area (Å²) in [6, 6.07) is 8.30. The SMILES string of the molecule is CNC1(C)CCN(Cc2ccccc2OC)CC1. The third kappa shape index (κ3) is 3.03. The molecule has 1 heterocycles. The van der Waals surface area contributed by atoms with Crippen LogP contribution in [-0.4, -0.2) is 37.7 Å². The van der Waals surface area contributed by atoms with Crippen LogP contribution in [0.5, 0.6) is 5.75 Å². The lowest BCUT2D eigenvalue weighted by Gasteiger charge is -2.39. The number of piperidine rings is 1. The number of rotatable bonds is 4. The molecule has 0 amide bonds. The van der Waals surface area contributed by atoms with Gasteiger partial charge in [0.25, 0.3) is 0 Å². The lowest BCUT2D eigenvalue weighted by molar-refractivity contribution is 0.145. The van der Waals surface area contributed by atoms with E-state index >= 15 is 0 Å². The van der Waals surface area contributed by atoms with Gasteiger partial charge in [0.15, 0.2) is 0 Å². The van der Waals surface area contributed by atoms with Crippen LogP contribution in [0.2, 0.25) is 0 Å². The molecule has 1 fully saturated rings. The van der Waals surface area contributed by atoms with Crippen molar-refractivity contribution in [3.63, 3.8) is 0 Å². The van der Waals surface area contributed by atoms with Crippen molar-refractivity contribution < 1.29 is 4.74 Å². The van der Waals surface area contributed by atoms with Crippen molar-refractivity contribution in [2.24, 2.45) is 0 Å². The van der Waals surface area contributed by atoms with Gasteiger partial charge in [0.1, 0.15) is 5.75 Å². The number of nitrogens with zero attached hydrogens (tertiary/aromatic N) is 1. The smallest absolute Gasteiger partial charge is 0.123 e. The van der Waals surface area contributed by atoms with Crippen LogP contribution >= 0.6 is 0 Å². The van der Waals surface area contributed by atoms with E-state index in [1.807, 2.05) is 12.1 Å². The molecule has 0 aromatic heterocycles. The van der Waals surface area contributed by atoms with Crippen LogP contribution in [0.3, 0.4) is 0 Å². The second kappa shape index (κ2) is 5.72. The molecule has 3 nitrogen and oxygen atoms in total. The molecule has 0 saturated carbocycles. The lowest BCUT2D eigenvalue weighted by Crippen LogP contribution is -2.49. The maximum Gasteiger partial charge on any atom is 0.123 e. The molecule has 1 saturated heterocycles. The molecule has 1 aliphatic rings. The highest BCUT2D eigenvalue weighted by molar-refractivity contribution is 5.33. The highest BCUT2D eigenvalue weighted by Gasteiger charge is 2.28. The summed E-state index contributed by atoms with van der Waals surface area (Å²) in [6.45, 7) is 5.60. The van der Waals surface area contributed by atoms with Crippen molar-refractivity contribution in [1.82, 2.24) is 10.2 Å². The standard InChI is InChI=1S/C15H24N2O/c1-15(16-2)8-10-17(11-9-15)12-13-6-4-5-7-14(13)18-3/h4-7,16H,8-12H2,1-3H3. The topological polar surface area (TPSA) is 24.5 Å². The third-order valence-corrected chi connectivity index (χ3v) is 4.15. The minimum atomic E-state index is 0.317. The molecule has 0 bridgehead atoms. The molecule has 0 atom stereocenters. The van der Waals surface area contributed by atoms with E-state index in [0.29, 0.717) is 5.54 Å². The van der Waals surface area contributed by atoms with Crippen LogP contribution in [0, 0.1) is 0 Å². The van der Waals surface area contributed by atoms with Crippen molar-refractivity contribution in [3.05, 3.63) is 29.8 Å². The van der Waals surface area contributed by atoms with Crippen LogP contribution in [0.1, 0.15) is 25.3 Å². The Hall–Kier alpha value is -1.06. The van der Waals surface area contributed by atoms with Gasteiger partial charge in [0, 0.05) is 30.7 Å². The van der Waals surface area contributed by atoms with Crippen LogP contribution in [0.4, 0.5) is 0 Å². The summed E-state index contributed by atoms with van der Waals surface area (Å²) in [5.74, 6) is 0.999. The van der Waals surface area contributed by atoms with Gasteiger partial charge in [-0.1, -0.05) is 18.2 Å². The van der Waals surface area contributed by atoms with Crippen molar-refractivity contribution in [2.75, 3.05) is 27.2 Å². The second-order valence-corrected chi connectivity index (χ2v) is 5.40. The summed E-state index contributed by atoms with van der Waals surface area (Å²) in [5.41, 5.74) is 1.60. The first kappa shape index (κ1) is 13.4. The monoisotopic (exact) mass is 248 g/mol. The van der Waals surface area contributed by atoms with E-state index in [9.17, 15) is 0 Å². The van der Waals surface area contributed by atoms with E-state index in [1.165, 1.54) is 18.4 Å². The number of likely N-dealkylation sites (tertiary alicyclic amines) is 1. The molecule has 0 aliphatic carbocycles. The Labute approximate surface area is 110 Å². The van der Waals surface area contributed by atoms with Crippen LogP contribution < -0.4 is 10.1 Å². The van der Waals surface area contributed by atoms with E-state index in [0.717, 1.165) is 25.4 Å². The molecule has 100 valence electrons. The molecule has 2 rings (SSSR count). The van der Waals surface area contributed by atoms with Crippen LogP contribution in [0.15, 0.2) is 24.3 Å². The Balaban J connectivity index is 1.95. The molecule has 1 aromatic carbocycles. The summed E-state index contributed by atoms with van der Waals surface area (Å²) in [6.07, 6.45) is 2.41. The number of hydrogen-bond acceptors (Lipinski definition) is 3. The minimum Gasteiger partial charge on any atom is -0.496 e. The third-order valence-electron chi connectivity index (χ3n) is 4.15. The number of ether oxygens (including phenoxy) is 1. The summed E-state index contributed by atoms with van der Waals surface area (Å²) in [5, 5.41) is 3.44.